The van der Waals surface area contributed by atoms with Gasteiger partial charge in [0, 0.05) is 24.8 Å². The minimum Gasteiger partial charge on any atom is -0.471 e. The van der Waals surface area contributed by atoms with E-state index in [0.29, 0.717) is 29.6 Å². The van der Waals surface area contributed by atoms with E-state index < -0.39 is 17.9 Å². The molecule has 1 saturated heterocycles. The quantitative estimate of drug-likeness (QED) is 0.640. The van der Waals surface area contributed by atoms with Crippen LogP contribution in [0.4, 0.5) is 13.2 Å². The van der Waals surface area contributed by atoms with Crippen molar-refractivity contribution in [3.05, 3.63) is 24.8 Å². The van der Waals surface area contributed by atoms with Crippen LogP contribution in [-0.2, 0) is 11.8 Å². The highest BCUT2D eigenvalue weighted by molar-refractivity contribution is 5.81. The number of hydrogen-bond donors (Lipinski definition) is 1. The lowest BCUT2D eigenvalue weighted by molar-refractivity contribution is -0.189. The average molecular weight is 422 g/mol. The number of fused-ring (bicyclic) bond motifs is 2. The van der Waals surface area contributed by atoms with E-state index in [1.54, 1.807) is 24.1 Å². The molecular weight excluding hydrogens is 405 g/mol. The zero-order valence-corrected chi connectivity index (χ0v) is 15.8. The third-order valence-electron chi connectivity index (χ3n) is 5.44. The van der Waals surface area contributed by atoms with Gasteiger partial charge in [-0.3, -0.25) is 9.67 Å². The topological polar surface area (TPSA) is 95.6 Å². The van der Waals surface area contributed by atoms with Gasteiger partial charge in [-0.1, -0.05) is 0 Å². The van der Waals surface area contributed by atoms with Crippen molar-refractivity contribution in [2.75, 3.05) is 6.54 Å². The molecule has 3 aromatic heterocycles. The molecule has 158 valence electrons. The summed E-state index contributed by atoms with van der Waals surface area (Å²) in [5.74, 6) is -2.42. The number of esters is 1. The summed E-state index contributed by atoms with van der Waals surface area (Å²) in [6.07, 6.45) is 2.24. The van der Waals surface area contributed by atoms with E-state index in [1.807, 2.05) is 0 Å². The summed E-state index contributed by atoms with van der Waals surface area (Å²) < 4.78 is 51.8. The summed E-state index contributed by atoms with van der Waals surface area (Å²) in [4.78, 5) is 15.7. The molecule has 3 aromatic rings. The van der Waals surface area contributed by atoms with Crippen molar-refractivity contribution in [2.24, 2.45) is 13.0 Å². The van der Waals surface area contributed by atoms with Crippen LogP contribution >= 0.6 is 0 Å². The van der Waals surface area contributed by atoms with Gasteiger partial charge in [0.05, 0.1) is 24.3 Å². The van der Waals surface area contributed by atoms with Crippen LogP contribution in [0.5, 0.6) is 11.6 Å². The van der Waals surface area contributed by atoms with Crippen molar-refractivity contribution < 1.29 is 27.4 Å². The first-order valence-electron chi connectivity index (χ1n) is 9.34. The van der Waals surface area contributed by atoms with Gasteiger partial charge < -0.3 is 14.8 Å². The Labute approximate surface area is 167 Å². The zero-order chi connectivity index (χ0) is 21.0. The lowest BCUT2D eigenvalue weighted by Gasteiger charge is -2.31. The first-order chi connectivity index (χ1) is 14.3. The molecule has 30 heavy (non-hydrogen) atoms. The molecule has 1 N–H and O–H groups in total. The Balaban J connectivity index is 1.51. The molecule has 5 rings (SSSR count). The smallest absolute Gasteiger partial charge is 0.471 e. The average Bonchev–Trinajstić information content (AvgIpc) is 3.32. The Hall–Kier alpha value is -3.15. The number of carbonyl (C=O) groups is 1. The number of aromatic nitrogens is 5. The van der Waals surface area contributed by atoms with E-state index in [0.717, 1.165) is 13.0 Å². The fourth-order valence-corrected chi connectivity index (χ4v) is 3.88. The number of nitrogens with zero attached hydrogens (tertiary/aromatic N) is 5. The second kappa shape index (κ2) is 6.69. The third kappa shape index (κ3) is 3.26. The molecule has 9 nitrogen and oxygen atoms in total. The largest absolute Gasteiger partial charge is 0.491 e. The summed E-state index contributed by atoms with van der Waals surface area (Å²) in [5, 5.41) is 11.6. The molecule has 3 unspecified atom stereocenters. The van der Waals surface area contributed by atoms with Gasteiger partial charge >= 0.3 is 12.1 Å². The highest BCUT2D eigenvalue weighted by Crippen LogP contribution is 2.39. The second-order valence-corrected chi connectivity index (χ2v) is 7.51. The fourth-order valence-electron chi connectivity index (χ4n) is 3.88. The predicted molar refractivity (Wildman–Crippen MR) is 95.8 cm³/mol. The molecule has 0 spiro atoms. The number of ether oxygens (including phenoxy) is 2. The monoisotopic (exact) mass is 422 g/mol. The summed E-state index contributed by atoms with van der Waals surface area (Å²) in [7, 11) is 1.75. The molecular formula is C18H17F3N6O3. The standard InChI is InChI=1S/C18H17F3N6O3/c1-26-7-10(5-24-26)13-8-27-14(6-23-13)15(30-17(28)18(19,20)21)16(25-27)29-11-2-9-4-22-12(9)3-11/h5-9,11-12,22H,2-4H2,1H3. The summed E-state index contributed by atoms with van der Waals surface area (Å²) in [6.45, 7) is 0.893. The molecule has 1 aliphatic heterocycles. The van der Waals surface area contributed by atoms with Crippen LogP contribution in [0.25, 0.3) is 16.8 Å². The Morgan fingerprint density at radius 2 is 2.10 bits per heavy atom. The van der Waals surface area contributed by atoms with Gasteiger partial charge in [-0.2, -0.15) is 18.3 Å². The fraction of sp³-hybridized carbons (Fsp3) is 0.444. The minimum atomic E-state index is -5.15. The molecule has 0 bridgehead atoms. The molecule has 1 aliphatic carbocycles. The van der Waals surface area contributed by atoms with Crippen molar-refractivity contribution in [2.45, 2.75) is 31.2 Å². The summed E-state index contributed by atoms with van der Waals surface area (Å²) >= 11 is 0. The second-order valence-electron chi connectivity index (χ2n) is 7.51. The maximum Gasteiger partial charge on any atom is 0.491 e. The van der Waals surface area contributed by atoms with Gasteiger partial charge in [0.2, 0.25) is 5.75 Å². The number of nitrogens with one attached hydrogen (secondary N) is 1. The maximum atomic E-state index is 12.8. The van der Waals surface area contributed by atoms with Crippen LogP contribution in [0.1, 0.15) is 12.8 Å². The van der Waals surface area contributed by atoms with E-state index in [9.17, 15) is 18.0 Å². The van der Waals surface area contributed by atoms with Crippen LogP contribution < -0.4 is 14.8 Å². The van der Waals surface area contributed by atoms with Gasteiger partial charge in [0.1, 0.15) is 11.6 Å². The van der Waals surface area contributed by atoms with Gasteiger partial charge in [-0.25, -0.2) is 9.31 Å². The highest BCUT2D eigenvalue weighted by Gasteiger charge is 2.44. The predicted octanol–water partition coefficient (Wildman–Crippen LogP) is 1.73. The molecule has 12 heteroatoms. The maximum absolute atomic E-state index is 12.8. The normalized spacial score (nSPS) is 23.3. The van der Waals surface area contributed by atoms with Crippen molar-refractivity contribution >= 4 is 11.5 Å². The Morgan fingerprint density at radius 1 is 1.27 bits per heavy atom. The highest BCUT2D eigenvalue weighted by atomic mass is 19.4. The number of alkyl halides is 3. The number of hydrogen-bond acceptors (Lipinski definition) is 7. The van der Waals surface area contributed by atoms with Crippen LogP contribution in [0.3, 0.4) is 0 Å². The summed E-state index contributed by atoms with van der Waals surface area (Å²) in [6, 6.07) is 0.340. The van der Waals surface area contributed by atoms with Crippen molar-refractivity contribution in [1.29, 1.82) is 0 Å². The van der Waals surface area contributed by atoms with Crippen LogP contribution in [0.15, 0.2) is 24.8 Å². The number of aryl methyl sites for hydroxylation is 1. The van der Waals surface area contributed by atoms with Crippen LogP contribution in [0.2, 0.25) is 0 Å². The van der Waals surface area contributed by atoms with Crippen molar-refractivity contribution in [1.82, 2.24) is 29.7 Å². The van der Waals surface area contributed by atoms with E-state index in [2.05, 4.69) is 25.2 Å². The molecule has 1 saturated carbocycles. The third-order valence-corrected chi connectivity index (χ3v) is 5.44. The number of carbonyl (C=O) groups excluding carboxylic acids is 1. The van der Waals surface area contributed by atoms with Crippen LogP contribution in [0, 0.1) is 5.92 Å². The molecule has 0 amide bonds. The molecule has 0 radical (unpaired) electrons. The van der Waals surface area contributed by atoms with E-state index in [4.69, 9.17) is 4.74 Å². The Kier molecular flexibility index (Phi) is 4.20. The van der Waals surface area contributed by atoms with Crippen molar-refractivity contribution in [3.8, 4) is 22.9 Å². The molecule has 2 fully saturated rings. The zero-order valence-electron chi connectivity index (χ0n) is 15.8. The van der Waals surface area contributed by atoms with Crippen LogP contribution in [-0.4, -0.2) is 55.2 Å². The van der Waals surface area contributed by atoms with E-state index >= 15 is 0 Å². The molecule has 4 heterocycles. The lowest BCUT2D eigenvalue weighted by Crippen LogP contribution is -2.49. The van der Waals surface area contributed by atoms with Gasteiger partial charge in [-0.15, -0.1) is 5.10 Å². The van der Waals surface area contributed by atoms with Gasteiger partial charge in [0.15, 0.2) is 0 Å². The van der Waals surface area contributed by atoms with E-state index in [-0.39, 0.29) is 17.5 Å². The van der Waals surface area contributed by atoms with Crippen molar-refractivity contribution in [3.63, 3.8) is 0 Å². The first-order valence-corrected chi connectivity index (χ1v) is 9.34. The number of rotatable bonds is 4. The Morgan fingerprint density at radius 3 is 2.70 bits per heavy atom. The summed E-state index contributed by atoms with van der Waals surface area (Å²) in [5.41, 5.74) is 1.29. The SMILES string of the molecule is Cn1cc(-c2cn3nc(OC4CC5CNC5C4)c(OC(=O)C(F)(F)F)c3cn2)cn1. The van der Waals surface area contributed by atoms with Gasteiger partial charge in [-0.05, 0) is 25.3 Å². The molecule has 3 atom stereocenters. The lowest BCUT2D eigenvalue weighted by atomic mass is 9.96. The molecule has 0 aromatic carbocycles. The minimum absolute atomic E-state index is 0.0920. The number of halogens is 3. The Bertz CT molecular complexity index is 1110. The molecule has 2 aliphatic rings. The van der Waals surface area contributed by atoms with E-state index in [1.165, 1.54) is 16.9 Å². The van der Waals surface area contributed by atoms with Gasteiger partial charge in [0.25, 0.3) is 5.88 Å². The first kappa shape index (κ1) is 18.9.